The average Bonchev–Trinajstić information content (AvgIpc) is 3.41. The summed E-state index contributed by atoms with van der Waals surface area (Å²) in [4.78, 5) is 76.2. The van der Waals surface area contributed by atoms with Gasteiger partial charge in [-0.25, -0.2) is 9.59 Å². The zero-order chi connectivity index (χ0) is 23.8. The number of hydrogen-bond acceptors (Lipinski definition) is 8. The lowest BCUT2D eigenvalue weighted by molar-refractivity contribution is -0.138. The van der Waals surface area contributed by atoms with Crippen molar-refractivity contribution in [1.29, 1.82) is 0 Å². The van der Waals surface area contributed by atoms with Gasteiger partial charge in [0.05, 0.1) is 29.6 Å². The van der Waals surface area contributed by atoms with Crippen molar-refractivity contribution in [3.63, 3.8) is 0 Å². The van der Waals surface area contributed by atoms with E-state index < -0.39 is 77.8 Å². The lowest BCUT2D eigenvalue weighted by atomic mass is 9.58. The van der Waals surface area contributed by atoms with Crippen LogP contribution in [-0.2, 0) is 25.8 Å². The zero-order valence-corrected chi connectivity index (χ0v) is 17.2. The van der Waals surface area contributed by atoms with Gasteiger partial charge in [0.1, 0.15) is 18.1 Å². The van der Waals surface area contributed by atoms with E-state index in [0.717, 1.165) is 0 Å². The van der Waals surface area contributed by atoms with Crippen LogP contribution in [0.3, 0.4) is 0 Å². The number of carbonyl (C=O) groups excluding carboxylic acids is 6. The maximum Gasteiger partial charge on any atom is 0.328 e. The second-order valence-corrected chi connectivity index (χ2v) is 8.69. The maximum absolute atomic E-state index is 13.1. The Labute approximate surface area is 186 Å². The predicted molar refractivity (Wildman–Crippen MR) is 105 cm³/mol. The number of allylic oxidation sites excluding steroid dienone is 2. The molecular weight excluding hydrogens is 436 g/mol. The molecule has 0 bridgehead atoms. The van der Waals surface area contributed by atoms with Crippen molar-refractivity contribution < 1.29 is 38.3 Å². The molecule has 33 heavy (non-hydrogen) atoms. The Morgan fingerprint density at radius 1 is 0.909 bits per heavy atom. The van der Waals surface area contributed by atoms with Crippen LogP contribution in [0.4, 0.5) is 9.59 Å². The highest BCUT2D eigenvalue weighted by Gasteiger charge is 2.63. The largest absolute Gasteiger partial charge is 0.463 e. The van der Waals surface area contributed by atoms with E-state index in [0.29, 0.717) is 15.4 Å². The third kappa shape index (κ3) is 2.73. The van der Waals surface area contributed by atoms with E-state index >= 15 is 0 Å². The quantitative estimate of drug-likeness (QED) is 0.393. The molecule has 8 amide bonds. The number of aliphatic hydroxyl groups is 1. The van der Waals surface area contributed by atoms with Crippen molar-refractivity contribution in [2.24, 2.45) is 41.1 Å². The van der Waals surface area contributed by atoms with Crippen molar-refractivity contribution >= 4 is 35.7 Å². The summed E-state index contributed by atoms with van der Waals surface area (Å²) in [7, 11) is 0. The van der Waals surface area contributed by atoms with Gasteiger partial charge < -0.3 is 21.0 Å². The summed E-state index contributed by atoms with van der Waals surface area (Å²) in [5.41, 5.74) is 11.1. The number of amides is 8. The number of imide groups is 6. The van der Waals surface area contributed by atoms with Crippen LogP contribution in [-0.4, -0.2) is 50.6 Å². The molecule has 0 aromatic carbocycles. The highest BCUT2D eigenvalue weighted by Crippen LogP contribution is 2.57. The van der Waals surface area contributed by atoms with Gasteiger partial charge in [-0.1, -0.05) is 11.6 Å². The van der Waals surface area contributed by atoms with Gasteiger partial charge in [0.2, 0.25) is 23.6 Å². The normalized spacial score (nSPS) is 33.1. The summed E-state index contributed by atoms with van der Waals surface area (Å²) in [5, 5.41) is 9.42. The molecule has 172 valence electrons. The van der Waals surface area contributed by atoms with Crippen LogP contribution in [0.2, 0.25) is 0 Å². The van der Waals surface area contributed by atoms with Gasteiger partial charge >= 0.3 is 12.1 Å². The van der Waals surface area contributed by atoms with Gasteiger partial charge in [0.15, 0.2) is 0 Å². The minimum Gasteiger partial charge on any atom is -0.463 e. The first-order valence-corrected chi connectivity index (χ1v) is 10.4. The maximum atomic E-state index is 13.1. The molecule has 0 spiro atoms. The van der Waals surface area contributed by atoms with E-state index in [4.69, 9.17) is 15.9 Å². The molecule has 0 radical (unpaired) electrons. The Bertz CT molecular complexity index is 1170. The number of urea groups is 2. The number of hydrogen-bond donors (Lipinski definition) is 3. The van der Waals surface area contributed by atoms with Crippen molar-refractivity contribution in [1.82, 2.24) is 9.80 Å². The lowest BCUT2D eigenvalue weighted by Crippen LogP contribution is -2.44. The first-order chi connectivity index (χ1) is 15.7. The summed E-state index contributed by atoms with van der Waals surface area (Å²) in [6.45, 7) is -0.394. The first kappa shape index (κ1) is 21.1. The molecule has 3 fully saturated rings. The summed E-state index contributed by atoms with van der Waals surface area (Å²) in [6.07, 6.45) is 1.88. The van der Waals surface area contributed by atoms with Crippen LogP contribution in [0.1, 0.15) is 30.3 Å². The Morgan fingerprint density at radius 3 is 2.09 bits per heavy atom. The molecule has 5 rings (SSSR count). The molecule has 12 nitrogen and oxygen atoms in total. The van der Waals surface area contributed by atoms with E-state index in [1.807, 2.05) is 0 Å². The summed E-state index contributed by atoms with van der Waals surface area (Å²) >= 11 is 0. The van der Waals surface area contributed by atoms with E-state index in [-0.39, 0.29) is 24.4 Å². The van der Waals surface area contributed by atoms with Gasteiger partial charge in [0.25, 0.3) is 0 Å². The molecule has 12 heteroatoms. The molecule has 2 aliphatic carbocycles. The van der Waals surface area contributed by atoms with Crippen LogP contribution in [0.15, 0.2) is 28.2 Å². The Morgan fingerprint density at radius 2 is 1.52 bits per heavy atom. The van der Waals surface area contributed by atoms with Gasteiger partial charge in [0, 0.05) is 0 Å². The highest BCUT2D eigenvalue weighted by molar-refractivity contribution is 6.18. The average molecular weight is 456 g/mol. The van der Waals surface area contributed by atoms with E-state index in [9.17, 15) is 33.9 Å². The van der Waals surface area contributed by atoms with E-state index in [2.05, 4.69) is 0 Å². The number of nitrogens with two attached hydrogens (primary N) is 2. The topological polar surface area (TPSA) is 194 Å². The molecule has 3 heterocycles. The number of furan rings is 1. The fraction of sp³-hybridized carbons (Fsp3) is 0.429. The molecule has 5 N–H and O–H groups in total. The number of likely N-dealkylation sites (tertiary alicyclic amines) is 2. The molecule has 6 atom stereocenters. The zero-order valence-electron chi connectivity index (χ0n) is 17.2. The molecule has 4 aliphatic rings. The molecule has 2 saturated heterocycles. The van der Waals surface area contributed by atoms with E-state index in [1.54, 1.807) is 12.1 Å². The Hall–Kier alpha value is -3.80. The molecule has 0 unspecified atom stereocenters. The van der Waals surface area contributed by atoms with Gasteiger partial charge in [-0.3, -0.25) is 19.2 Å². The van der Waals surface area contributed by atoms with Gasteiger partial charge in [-0.15, -0.1) is 0 Å². The lowest BCUT2D eigenvalue weighted by Gasteiger charge is -2.42. The van der Waals surface area contributed by atoms with Crippen molar-refractivity contribution in [2.45, 2.75) is 25.4 Å². The van der Waals surface area contributed by atoms with Gasteiger partial charge in [-0.2, -0.15) is 9.80 Å². The molecule has 2 aliphatic heterocycles. The Kier molecular flexibility index (Phi) is 4.53. The van der Waals surface area contributed by atoms with Crippen LogP contribution in [0.5, 0.6) is 0 Å². The fourth-order valence-corrected chi connectivity index (χ4v) is 5.99. The van der Waals surface area contributed by atoms with Crippen molar-refractivity contribution in [3.05, 3.63) is 35.3 Å². The minimum absolute atomic E-state index is 0.0156. The van der Waals surface area contributed by atoms with Crippen molar-refractivity contribution in [2.75, 3.05) is 0 Å². The molecule has 1 aromatic heterocycles. The summed E-state index contributed by atoms with van der Waals surface area (Å²) < 4.78 is 5.70. The van der Waals surface area contributed by atoms with Crippen LogP contribution in [0.25, 0.3) is 0 Å². The fourth-order valence-electron chi connectivity index (χ4n) is 5.99. The van der Waals surface area contributed by atoms with Crippen LogP contribution >= 0.6 is 0 Å². The second-order valence-electron chi connectivity index (χ2n) is 8.69. The molecular formula is C21H20N4O8. The molecule has 1 saturated carbocycles. The van der Waals surface area contributed by atoms with Gasteiger partial charge in [-0.05, 0) is 30.9 Å². The third-order valence-electron chi connectivity index (χ3n) is 7.23. The number of rotatable bonds is 2. The monoisotopic (exact) mass is 456 g/mol. The number of fused-ring (bicyclic) bond motifs is 4. The minimum atomic E-state index is -1.20. The number of primary amides is 2. The summed E-state index contributed by atoms with van der Waals surface area (Å²) in [5.74, 6) is -7.70. The van der Waals surface area contributed by atoms with Crippen LogP contribution in [0, 0.1) is 29.6 Å². The van der Waals surface area contributed by atoms with Crippen molar-refractivity contribution in [3.8, 4) is 0 Å². The number of nitrogens with zero attached hydrogens (tertiary/aromatic N) is 2. The Balaban J connectivity index is 1.64. The highest BCUT2D eigenvalue weighted by atomic mass is 16.4. The van der Waals surface area contributed by atoms with E-state index in [1.165, 1.54) is 6.07 Å². The molecule has 1 aromatic rings. The number of carbonyl (C=O) groups is 6. The second kappa shape index (κ2) is 7.10. The van der Waals surface area contributed by atoms with Crippen LogP contribution < -0.4 is 11.5 Å². The standard InChI is InChI=1S/C21H20N4O8/c22-20(31)24-16(27)9-3-2-8-10(13(9)18(24)29)5-11-15(19(30)25(17(11)28)21(23)32)14(8)12-4-1-7(6-26)33-12/h1-2,4,9-11,13-15,26H,3,5-6H2,(H2,22,31)(H2,23,32)/t9-,10+,11+,13-,14+,15+/m0/s1. The number of aliphatic hydroxyl groups excluding tert-OH is 1. The predicted octanol–water partition coefficient (Wildman–Crippen LogP) is -0.435. The first-order valence-electron chi connectivity index (χ1n) is 10.4. The third-order valence-corrected chi connectivity index (χ3v) is 7.23. The smallest absolute Gasteiger partial charge is 0.328 e. The summed E-state index contributed by atoms with van der Waals surface area (Å²) in [6, 6.07) is 0.712. The SMILES string of the molecule is NC(=O)N1C(=O)[C@H]2[C@H](CC=C3[C@H]2C[C@H]2C(=O)N(C(N)=O)C(=O)[C@H]2[C@H]3c2ccc(CO)o2)C1=O.